The molecule has 0 saturated heterocycles. The summed E-state index contributed by atoms with van der Waals surface area (Å²) in [7, 11) is 0. The van der Waals surface area contributed by atoms with E-state index < -0.39 is 0 Å². The zero-order valence-electron chi connectivity index (χ0n) is 12.8. The van der Waals surface area contributed by atoms with Gasteiger partial charge in [-0.05, 0) is 31.5 Å². The lowest BCUT2D eigenvalue weighted by Gasteiger charge is -2.27. The van der Waals surface area contributed by atoms with Crippen LogP contribution in [0.1, 0.15) is 37.5 Å². The summed E-state index contributed by atoms with van der Waals surface area (Å²) in [5.74, 6) is 0.0553. The Morgan fingerprint density at radius 1 is 1.26 bits per heavy atom. The molecule has 1 rings (SSSR count). The number of carbonyl (C=O) groups excluding carboxylic acids is 1. The van der Waals surface area contributed by atoms with E-state index in [-0.39, 0.29) is 11.3 Å². The Morgan fingerprint density at radius 3 is 2.53 bits per heavy atom. The molecule has 19 heavy (non-hydrogen) atoms. The molecule has 0 aromatic heterocycles. The first-order valence-corrected chi connectivity index (χ1v) is 6.92. The van der Waals surface area contributed by atoms with Crippen molar-refractivity contribution in [1.29, 1.82) is 0 Å². The molecule has 0 saturated carbocycles. The minimum absolute atomic E-state index is 0.0553. The van der Waals surface area contributed by atoms with E-state index in [4.69, 9.17) is 0 Å². The zero-order chi connectivity index (χ0) is 14.5. The summed E-state index contributed by atoms with van der Waals surface area (Å²) in [6.45, 7) is 12.4. The number of carbonyl (C=O) groups is 1. The van der Waals surface area contributed by atoms with Crippen LogP contribution in [0.4, 0.5) is 0 Å². The molecule has 0 bridgehead atoms. The van der Waals surface area contributed by atoms with Gasteiger partial charge in [-0.2, -0.15) is 0 Å². The minimum Gasteiger partial charge on any atom is -0.354 e. The number of nitrogens with one attached hydrogen (secondary N) is 2. The molecule has 0 heterocycles. The monoisotopic (exact) mass is 262 g/mol. The standard InChI is InChI=1S/C16H26N2O/c1-6-17-10-15(19)18-11-16(4,5)14-8-7-12(2)9-13(14)3/h7-9,17H,6,10-11H2,1-5H3,(H,18,19). The van der Waals surface area contributed by atoms with E-state index in [0.29, 0.717) is 13.1 Å². The SMILES string of the molecule is CCNCC(=O)NCC(C)(C)c1ccc(C)cc1C. The summed E-state index contributed by atoms with van der Waals surface area (Å²) in [5.41, 5.74) is 3.79. The topological polar surface area (TPSA) is 41.1 Å². The lowest BCUT2D eigenvalue weighted by Crippen LogP contribution is -2.41. The van der Waals surface area contributed by atoms with E-state index >= 15 is 0 Å². The number of amides is 1. The van der Waals surface area contributed by atoms with Gasteiger partial charge in [0.25, 0.3) is 0 Å². The maximum Gasteiger partial charge on any atom is 0.233 e. The number of benzene rings is 1. The summed E-state index contributed by atoms with van der Waals surface area (Å²) < 4.78 is 0. The Kier molecular flexibility index (Phi) is 5.55. The number of hydrogen-bond acceptors (Lipinski definition) is 2. The molecule has 0 atom stereocenters. The van der Waals surface area contributed by atoms with Crippen LogP contribution in [0.2, 0.25) is 0 Å². The van der Waals surface area contributed by atoms with Gasteiger partial charge in [-0.1, -0.05) is 44.5 Å². The Bertz CT molecular complexity index is 438. The van der Waals surface area contributed by atoms with Gasteiger partial charge < -0.3 is 10.6 Å². The largest absolute Gasteiger partial charge is 0.354 e. The second kappa shape index (κ2) is 6.71. The third kappa shape index (κ3) is 4.67. The van der Waals surface area contributed by atoms with Crippen molar-refractivity contribution in [2.45, 2.75) is 40.0 Å². The number of aryl methyl sites for hydroxylation is 2. The highest BCUT2D eigenvalue weighted by molar-refractivity contribution is 5.78. The van der Waals surface area contributed by atoms with Crippen LogP contribution in [-0.4, -0.2) is 25.5 Å². The lowest BCUT2D eigenvalue weighted by molar-refractivity contribution is -0.120. The van der Waals surface area contributed by atoms with E-state index in [1.807, 2.05) is 6.92 Å². The molecule has 1 amide bonds. The number of rotatable bonds is 6. The molecule has 0 radical (unpaired) electrons. The Morgan fingerprint density at radius 2 is 1.95 bits per heavy atom. The van der Waals surface area contributed by atoms with Crippen molar-refractivity contribution < 1.29 is 4.79 Å². The summed E-state index contributed by atoms with van der Waals surface area (Å²) >= 11 is 0. The molecule has 1 aromatic carbocycles. The van der Waals surface area contributed by atoms with Crippen molar-refractivity contribution in [3.63, 3.8) is 0 Å². The highest BCUT2D eigenvalue weighted by Gasteiger charge is 2.23. The predicted molar refractivity (Wildman–Crippen MR) is 80.5 cm³/mol. The van der Waals surface area contributed by atoms with Gasteiger partial charge in [0, 0.05) is 12.0 Å². The van der Waals surface area contributed by atoms with E-state index in [1.165, 1.54) is 16.7 Å². The van der Waals surface area contributed by atoms with Gasteiger partial charge in [-0.15, -0.1) is 0 Å². The molecule has 0 aliphatic rings. The summed E-state index contributed by atoms with van der Waals surface area (Å²) in [6.07, 6.45) is 0. The predicted octanol–water partition coefficient (Wildman–Crippen LogP) is 2.31. The molecular formula is C16H26N2O. The summed E-state index contributed by atoms with van der Waals surface area (Å²) in [5, 5.41) is 6.03. The molecule has 0 spiro atoms. The van der Waals surface area contributed by atoms with Gasteiger partial charge in [0.15, 0.2) is 0 Å². The van der Waals surface area contributed by atoms with Crippen LogP contribution in [-0.2, 0) is 10.2 Å². The van der Waals surface area contributed by atoms with Gasteiger partial charge in [0.2, 0.25) is 5.91 Å². The maximum atomic E-state index is 11.6. The van der Waals surface area contributed by atoms with Crippen LogP contribution < -0.4 is 10.6 Å². The smallest absolute Gasteiger partial charge is 0.233 e. The number of hydrogen-bond donors (Lipinski definition) is 2. The van der Waals surface area contributed by atoms with Crippen LogP contribution in [0, 0.1) is 13.8 Å². The second-order valence-electron chi connectivity index (χ2n) is 5.76. The average Bonchev–Trinajstić information content (AvgIpc) is 2.33. The van der Waals surface area contributed by atoms with Crippen LogP contribution in [0.25, 0.3) is 0 Å². The highest BCUT2D eigenvalue weighted by atomic mass is 16.1. The molecule has 0 fully saturated rings. The molecule has 0 aliphatic heterocycles. The Balaban J connectivity index is 2.67. The molecule has 3 heteroatoms. The van der Waals surface area contributed by atoms with Gasteiger partial charge in [-0.25, -0.2) is 0 Å². The quantitative estimate of drug-likeness (QED) is 0.826. The molecule has 3 nitrogen and oxygen atoms in total. The van der Waals surface area contributed by atoms with Crippen molar-refractivity contribution in [2.24, 2.45) is 0 Å². The van der Waals surface area contributed by atoms with Crippen molar-refractivity contribution in [1.82, 2.24) is 10.6 Å². The van der Waals surface area contributed by atoms with E-state index in [9.17, 15) is 4.79 Å². The summed E-state index contributed by atoms with van der Waals surface area (Å²) in [6, 6.07) is 6.49. The average molecular weight is 262 g/mol. The fourth-order valence-corrected chi connectivity index (χ4v) is 2.29. The van der Waals surface area contributed by atoms with Gasteiger partial charge in [0.05, 0.1) is 6.54 Å². The van der Waals surface area contributed by atoms with Crippen LogP contribution >= 0.6 is 0 Å². The molecule has 106 valence electrons. The third-order valence-electron chi connectivity index (χ3n) is 3.37. The molecule has 0 unspecified atom stereocenters. The van der Waals surface area contributed by atoms with Crippen molar-refractivity contribution in [3.05, 3.63) is 34.9 Å². The maximum absolute atomic E-state index is 11.6. The Hall–Kier alpha value is -1.35. The first-order valence-electron chi connectivity index (χ1n) is 6.92. The normalized spacial score (nSPS) is 11.4. The van der Waals surface area contributed by atoms with Crippen LogP contribution in [0.15, 0.2) is 18.2 Å². The van der Waals surface area contributed by atoms with Crippen LogP contribution in [0.3, 0.4) is 0 Å². The molecule has 0 aliphatic carbocycles. The second-order valence-corrected chi connectivity index (χ2v) is 5.76. The van der Waals surface area contributed by atoms with Gasteiger partial charge in [0.1, 0.15) is 0 Å². The minimum atomic E-state index is -0.0559. The highest BCUT2D eigenvalue weighted by Crippen LogP contribution is 2.26. The Labute approximate surface area is 116 Å². The molecule has 1 aromatic rings. The molecular weight excluding hydrogens is 236 g/mol. The number of likely N-dealkylation sites (N-methyl/N-ethyl adjacent to an activating group) is 1. The van der Waals surface area contributed by atoms with E-state index in [1.54, 1.807) is 0 Å². The summed E-state index contributed by atoms with van der Waals surface area (Å²) in [4.78, 5) is 11.6. The van der Waals surface area contributed by atoms with Crippen molar-refractivity contribution in [3.8, 4) is 0 Å². The lowest BCUT2D eigenvalue weighted by atomic mass is 9.81. The van der Waals surface area contributed by atoms with Gasteiger partial charge >= 0.3 is 0 Å². The fourth-order valence-electron chi connectivity index (χ4n) is 2.29. The third-order valence-corrected chi connectivity index (χ3v) is 3.37. The van der Waals surface area contributed by atoms with Crippen molar-refractivity contribution in [2.75, 3.05) is 19.6 Å². The van der Waals surface area contributed by atoms with Crippen molar-refractivity contribution >= 4 is 5.91 Å². The first kappa shape index (κ1) is 15.7. The van der Waals surface area contributed by atoms with E-state index in [0.717, 1.165) is 6.54 Å². The van der Waals surface area contributed by atoms with Crippen LogP contribution in [0.5, 0.6) is 0 Å². The molecule has 2 N–H and O–H groups in total. The fraction of sp³-hybridized carbons (Fsp3) is 0.562. The first-order chi connectivity index (χ1) is 8.86. The van der Waals surface area contributed by atoms with E-state index in [2.05, 4.69) is 56.5 Å². The van der Waals surface area contributed by atoms with Gasteiger partial charge in [-0.3, -0.25) is 4.79 Å². The zero-order valence-corrected chi connectivity index (χ0v) is 12.8.